The second-order valence-electron chi connectivity index (χ2n) is 6.43. The van der Waals surface area contributed by atoms with Gasteiger partial charge in [0.25, 0.3) is 5.91 Å². The monoisotopic (exact) mass is 327 g/mol. The lowest BCUT2D eigenvalue weighted by atomic mass is 10.1. The van der Waals surface area contributed by atoms with Gasteiger partial charge >= 0.3 is 0 Å². The van der Waals surface area contributed by atoms with Gasteiger partial charge in [-0.1, -0.05) is 12.8 Å². The Morgan fingerprint density at radius 2 is 1.83 bits per heavy atom. The van der Waals surface area contributed by atoms with Crippen LogP contribution in [0.4, 0.5) is 0 Å². The molecule has 2 aromatic rings. The molecule has 0 spiro atoms. The lowest BCUT2D eigenvalue weighted by Gasteiger charge is -2.18. The molecule has 0 aliphatic carbocycles. The first-order valence-electron chi connectivity index (χ1n) is 8.58. The van der Waals surface area contributed by atoms with Gasteiger partial charge in [0.05, 0.1) is 12.8 Å². The molecule has 0 atom stereocenters. The maximum atomic E-state index is 12.7. The lowest BCUT2D eigenvalue weighted by molar-refractivity contribution is 0.0755. The highest BCUT2D eigenvalue weighted by Gasteiger charge is 2.21. The van der Waals surface area contributed by atoms with E-state index in [1.54, 1.807) is 11.8 Å². The molecular weight excluding hydrogens is 302 g/mol. The van der Waals surface area contributed by atoms with Crippen molar-refractivity contribution >= 4 is 5.91 Å². The molecule has 1 aliphatic rings. The largest absolute Gasteiger partial charge is 0.496 e. The van der Waals surface area contributed by atoms with Crippen LogP contribution in [0.3, 0.4) is 0 Å². The van der Waals surface area contributed by atoms with Crippen molar-refractivity contribution in [3.05, 3.63) is 35.5 Å². The van der Waals surface area contributed by atoms with E-state index >= 15 is 0 Å². The van der Waals surface area contributed by atoms with Crippen LogP contribution in [0.2, 0.25) is 0 Å². The van der Waals surface area contributed by atoms with E-state index in [0.29, 0.717) is 5.69 Å². The van der Waals surface area contributed by atoms with E-state index in [4.69, 9.17) is 4.74 Å². The van der Waals surface area contributed by atoms with Gasteiger partial charge in [0, 0.05) is 25.7 Å². The Balaban J connectivity index is 1.87. The Hall–Kier alpha value is -2.30. The van der Waals surface area contributed by atoms with Crippen molar-refractivity contribution in [2.75, 3.05) is 20.2 Å². The average Bonchev–Trinajstić information content (AvgIpc) is 2.79. The summed E-state index contributed by atoms with van der Waals surface area (Å²) in [6.45, 7) is 3.70. The number of ether oxygens (including phenoxy) is 1. The molecule has 24 heavy (non-hydrogen) atoms. The van der Waals surface area contributed by atoms with Crippen LogP contribution in [0.5, 0.6) is 5.75 Å². The third-order valence-corrected chi connectivity index (χ3v) is 4.68. The number of hydrogen-bond donors (Lipinski definition) is 0. The van der Waals surface area contributed by atoms with Crippen molar-refractivity contribution in [2.45, 2.75) is 32.6 Å². The number of nitrogens with zero attached hydrogens (tertiary/aromatic N) is 3. The normalized spacial score (nSPS) is 15.2. The molecule has 1 fully saturated rings. The molecule has 5 nitrogen and oxygen atoms in total. The summed E-state index contributed by atoms with van der Waals surface area (Å²) in [5, 5.41) is 4.46. The van der Waals surface area contributed by atoms with Gasteiger partial charge < -0.3 is 9.64 Å². The third-order valence-electron chi connectivity index (χ3n) is 4.68. The zero-order chi connectivity index (χ0) is 17.1. The minimum Gasteiger partial charge on any atom is -0.496 e. The van der Waals surface area contributed by atoms with Crippen LogP contribution < -0.4 is 4.74 Å². The summed E-state index contributed by atoms with van der Waals surface area (Å²) in [6, 6.07) is 7.92. The molecule has 0 N–H and O–H groups in total. The number of carbonyl (C=O) groups is 1. The van der Waals surface area contributed by atoms with E-state index in [1.807, 2.05) is 37.1 Å². The number of amides is 1. The van der Waals surface area contributed by atoms with E-state index in [2.05, 4.69) is 11.2 Å². The Labute approximate surface area is 143 Å². The van der Waals surface area contributed by atoms with Crippen LogP contribution in [0, 0.1) is 6.92 Å². The molecule has 0 radical (unpaired) electrons. The van der Waals surface area contributed by atoms with Crippen molar-refractivity contribution in [3.63, 3.8) is 0 Å². The van der Waals surface area contributed by atoms with E-state index < -0.39 is 0 Å². The predicted octanol–water partition coefficient (Wildman–Crippen LogP) is 3.42. The van der Waals surface area contributed by atoms with Crippen molar-refractivity contribution in [1.29, 1.82) is 0 Å². The number of benzene rings is 1. The van der Waals surface area contributed by atoms with Gasteiger partial charge in [-0.15, -0.1) is 0 Å². The van der Waals surface area contributed by atoms with Crippen molar-refractivity contribution in [2.24, 2.45) is 7.05 Å². The number of carbonyl (C=O) groups excluding carboxylic acids is 1. The minimum absolute atomic E-state index is 0.0454. The average molecular weight is 327 g/mol. The topological polar surface area (TPSA) is 47.4 Å². The van der Waals surface area contributed by atoms with Gasteiger partial charge in [0.15, 0.2) is 5.69 Å². The molecule has 0 bridgehead atoms. The maximum absolute atomic E-state index is 12.7. The molecule has 1 amide bonds. The quantitative estimate of drug-likeness (QED) is 0.868. The fraction of sp³-hybridized carbons (Fsp3) is 0.474. The summed E-state index contributed by atoms with van der Waals surface area (Å²) in [5.74, 6) is 0.908. The first-order valence-corrected chi connectivity index (χ1v) is 8.58. The van der Waals surface area contributed by atoms with E-state index in [0.717, 1.165) is 48.5 Å². The Morgan fingerprint density at radius 1 is 1.12 bits per heavy atom. The van der Waals surface area contributed by atoms with Crippen LogP contribution in [0.15, 0.2) is 24.3 Å². The molecule has 1 aromatic heterocycles. The maximum Gasteiger partial charge on any atom is 0.274 e. The summed E-state index contributed by atoms with van der Waals surface area (Å²) >= 11 is 0. The van der Waals surface area contributed by atoms with Gasteiger partial charge in [-0.2, -0.15) is 5.10 Å². The number of hydrogen-bond acceptors (Lipinski definition) is 3. The summed E-state index contributed by atoms with van der Waals surface area (Å²) in [7, 11) is 3.55. The van der Waals surface area contributed by atoms with Gasteiger partial charge in [0.1, 0.15) is 5.75 Å². The van der Waals surface area contributed by atoms with Crippen molar-refractivity contribution in [1.82, 2.24) is 14.7 Å². The van der Waals surface area contributed by atoms with E-state index in [-0.39, 0.29) is 5.91 Å². The molecule has 0 unspecified atom stereocenters. The number of aryl methyl sites for hydroxylation is 2. The lowest BCUT2D eigenvalue weighted by Crippen LogP contribution is -2.32. The molecule has 1 aromatic carbocycles. The first-order chi connectivity index (χ1) is 11.6. The van der Waals surface area contributed by atoms with Crippen LogP contribution in [0.25, 0.3) is 11.3 Å². The predicted molar refractivity (Wildman–Crippen MR) is 94.3 cm³/mol. The Bertz CT molecular complexity index is 728. The smallest absolute Gasteiger partial charge is 0.274 e. The highest BCUT2D eigenvalue weighted by molar-refractivity contribution is 5.93. The third kappa shape index (κ3) is 3.30. The molecule has 3 rings (SSSR count). The highest BCUT2D eigenvalue weighted by atomic mass is 16.5. The first kappa shape index (κ1) is 16.6. The zero-order valence-corrected chi connectivity index (χ0v) is 14.7. The standard InChI is InChI=1S/C19H25N3O2/c1-14-12-15(8-9-18(14)24-3)17-13-16(20-21(17)2)19(23)22-10-6-4-5-7-11-22/h8-9,12-13H,4-7,10-11H2,1-3H3. The summed E-state index contributed by atoms with van der Waals surface area (Å²) in [4.78, 5) is 14.7. The second kappa shape index (κ2) is 7.07. The van der Waals surface area contributed by atoms with Crippen molar-refractivity contribution in [3.8, 4) is 17.0 Å². The minimum atomic E-state index is 0.0454. The summed E-state index contributed by atoms with van der Waals surface area (Å²) in [6.07, 6.45) is 4.59. The fourth-order valence-corrected chi connectivity index (χ4v) is 3.32. The Morgan fingerprint density at radius 3 is 2.46 bits per heavy atom. The number of methoxy groups -OCH3 is 1. The molecule has 1 saturated heterocycles. The summed E-state index contributed by atoms with van der Waals surface area (Å²) < 4.78 is 7.10. The van der Waals surface area contributed by atoms with Gasteiger partial charge in [-0.3, -0.25) is 9.48 Å². The highest BCUT2D eigenvalue weighted by Crippen LogP contribution is 2.26. The van der Waals surface area contributed by atoms with Gasteiger partial charge in [0.2, 0.25) is 0 Å². The number of rotatable bonds is 3. The van der Waals surface area contributed by atoms with Gasteiger partial charge in [-0.25, -0.2) is 0 Å². The molecular formula is C19H25N3O2. The Kier molecular flexibility index (Phi) is 4.88. The van der Waals surface area contributed by atoms with Gasteiger partial charge in [-0.05, 0) is 49.6 Å². The number of likely N-dealkylation sites (tertiary alicyclic amines) is 1. The van der Waals surface area contributed by atoms with E-state index in [9.17, 15) is 4.79 Å². The summed E-state index contributed by atoms with van der Waals surface area (Å²) in [5.41, 5.74) is 3.58. The van der Waals surface area contributed by atoms with Crippen LogP contribution in [0.1, 0.15) is 41.7 Å². The molecule has 128 valence electrons. The SMILES string of the molecule is COc1ccc(-c2cc(C(=O)N3CCCCCC3)nn2C)cc1C. The zero-order valence-electron chi connectivity index (χ0n) is 14.7. The second-order valence-corrected chi connectivity index (χ2v) is 6.43. The van der Waals surface area contributed by atoms with Crippen LogP contribution >= 0.6 is 0 Å². The molecule has 1 aliphatic heterocycles. The molecule has 2 heterocycles. The fourth-order valence-electron chi connectivity index (χ4n) is 3.32. The number of aromatic nitrogens is 2. The van der Waals surface area contributed by atoms with Crippen molar-refractivity contribution < 1.29 is 9.53 Å². The van der Waals surface area contributed by atoms with E-state index in [1.165, 1.54) is 12.8 Å². The van der Waals surface area contributed by atoms with Crippen LogP contribution in [-0.4, -0.2) is 40.8 Å². The van der Waals surface area contributed by atoms with Crippen LogP contribution in [-0.2, 0) is 7.05 Å². The molecule has 5 heteroatoms. The molecule has 0 saturated carbocycles.